The number of nitrogens with one attached hydrogen (secondary N) is 1. The average molecular weight is 516 g/mol. The summed E-state index contributed by atoms with van der Waals surface area (Å²) in [5, 5.41) is 3.23. The molecule has 0 bridgehead atoms. The lowest BCUT2D eigenvalue weighted by molar-refractivity contribution is -0.139. The minimum atomic E-state index is -4.50. The number of carbonyl (C=O) groups is 2. The average Bonchev–Trinajstić information content (AvgIpc) is 2.86. The fraction of sp³-hybridized carbons (Fsp3) is 0.357. The molecule has 9 heteroatoms. The maximum absolute atomic E-state index is 13.6. The van der Waals surface area contributed by atoms with Gasteiger partial charge >= 0.3 is 12.1 Å². The van der Waals surface area contributed by atoms with Crippen molar-refractivity contribution in [2.45, 2.75) is 44.7 Å². The Labute approximate surface area is 213 Å². The minimum absolute atomic E-state index is 0.122. The van der Waals surface area contributed by atoms with Gasteiger partial charge < -0.3 is 19.5 Å². The zero-order valence-electron chi connectivity index (χ0n) is 21.0. The van der Waals surface area contributed by atoms with Gasteiger partial charge in [0.15, 0.2) is 17.3 Å². The number of halogens is 3. The largest absolute Gasteiger partial charge is 0.493 e. The number of dihydropyridines is 1. The molecule has 2 aliphatic rings. The van der Waals surface area contributed by atoms with E-state index in [0.29, 0.717) is 40.5 Å². The van der Waals surface area contributed by atoms with Crippen molar-refractivity contribution in [2.75, 3.05) is 20.8 Å². The van der Waals surface area contributed by atoms with Crippen LogP contribution >= 0.6 is 0 Å². The number of rotatable bonds is 6. The van der Waals surface area contributed by atoms with Crippen molar-refractivity contribution >= 4 is 11.8 Å². The highest BCUT2D eigenvalue weighted by Gasteiger charge is 2.42. The number of ether oxygens (including phenoxy) is 3. The summed E-state index contributed by atoms with van der Waals surface area (Å²) in [6.45, 7) is 3.50. The van der Waals surface area contributed by atoms with E-state index in [9.17, 15) is 22.8 Å². The first-order valence-corrected chi connectivity index (χ1v) is 11.9. The fourth-order valence-electron chi connectivity index (χ4n) is 5.06. The Morgan fingerprint density at radius 3 is 2.24 bits per heavy atom. The van der Waals surface area contributed by atoms with Crippen molar-refractivity contribution < 1.29 is 37.0 Å². The molecule has 4 rings (SSSR count). The maximum atomic E-state index is 13.6. The van der Waals surface area contributed by atoms with Gasteiger partial charge in [-0.15, -0.1) is 0 Å². The third kappa shape index (κ3) is 5.08. The molecule has 2 aromatic rings. The first kappa shape index (κ1) is 26.3. The van der Waals surface area contributed by atoms with Crippen LogP contribution in [0.5, 0.6) is 11.5 Å². The van der Waals surface area contributed by atoms with E-state index in [2.05, 4.69) is 5.32 Å². The van der Waals surface area contributed by atoms with Crippen molar-refractivity contribution in [2.24, 2.45) is 0 Å². The Hall–Kier alpha value is -3.75. The van der Waals surface area contributed by atoms with Gasteiger partial charge in [0.1, 0.15) is 0 Å². The third-order valence-electron chi connectivity index (χ3n) is 6.77. The molecule has 0 saturated heterocycles. The number of esters is 1. The van der Waals surface area contributed by atoms with Crippen LogP contribution in [0.25, 0.3) is 0 Å². The fourth-order valence-corrected chi connectivity index (χ4v) is 5.06. The van der Waals surface area contributed by atoms with E-state index < -0.39 is 23.6 Å². The van der Waals surface area contributed by atoms with Gasteiger partial charge in [0.05, 0.1) is 32.0 Å². The van der Waals surface area contributed by atoms with E-state index in [-0.39, 0.29) is 30.3 Å². The number of allylic oxidation sites excluding steroid dienone is 3. The predicted octanol–water partition coefficient (Wildman–Crippen LogP) is 5.65. The van der Waals surface area contributed by atoms with Crippen LogP contribution in [0.2, 0.25) is 0 Å². The molecule has 1 heterocycles. The van der Waals surface area contributed by atoms with Gasteiger partial charge in [0, 0.05) is 29.3 Å². The molecular weight excluding hydrogens is 487 g/mol. The summed E-state index contributed by atoms with van der Waals surface area (Å²) in [5.41, 5.74) is 2.25. The van der Waals surface area contributed by atoms with Crippen molar-refractivity contribution in [3.05, 3.63) is 81.7 Å². The van der Waals surface area contributed by atoms with Crippen molar-refractivity contribution in [1.82, 2.24) is 5.32 Å². The lowest BCUT2D eigenvalue weighted by atomic mass is 9.71. The van der Waals surface area contributed by atoms with Gasteiger partial charge in [-0.3, -0.25) is 4.79 Å². The molecule has 0 aromatic heterocycles. The van der Waals surface area contributed by atoms with Crippen LogP contribution in [0.1, 0.15) is 55.2 Å². The molecule has 2 atom stereocenters. The molecule has 2 aromatic carbocycles. The van der Waals surface area contributed by atoms with Crippen LogP contribution in [0, 0.1) is 0 Å². The predicted molar refractivity (Wildman–Crippen MR) is 130 cm³/mol. The van der Waals surface area contributed by atoms with Crippen molar-refractivity contribution in [3.8, 4) is 11.5 Å². The van der Waals surface area contributed by atoms with E-state index in [4.69, 9.17) is 14.2 Å². The summed E-state index contributed by atoms with van der Waals surface area (Å²) in [6, 6.07) is 10.1. The van der Waals surface area contributed by atoms with Gasteiger partial charge in [-0.25, -0.2) is 4.79 Å². The number of methoxy groups -OCH3 is 2. The molecule has 6 nitrogen and oxygen atoms in total. The smallest absolute Gasteiger partial charge is 0.416 e. The highest BCUT2D eigenvalue weighted by atomic mass is 19.4. The van der Waals surface area contributed by atoms with E-state index in [1.165, 1.54) is 19.2 Å². The second-order valence-corrected chi connectivity index (χ2v) is 8.97. The number of benzene rings is 2. The number of hydrogen-bond donors (Lipinski definition) is 1. The minimum Gasteiger partial charge on any atom is -0.493 e. The number of hydrogen-bond acceptors (Lipinski definition) is 6. The lowest BCUT2D eigenvalue weighted by Gasteiger charge is -2.36. The van der Waals surface area contributed by atoms with Crippen LogP contribution in [0.4, 0.5) is 13.2 Å². The highest BCUT2D eigenvalue weighted by Crippen LogP contribution is 2.47. The topological polar surface area (TPSA) is 73.9 Å². The zero-order valence-corrected chi connectivity index (χ0v) is 21.0. The molecule has 0 amide bonds. The van der Waals surface area contributed by atoms with Crippen LogP contribution in [-0.2, 0) is 20.5 Å². The summed E-state index contributed by atoms with van der Waals surface area (Å²) in [4.78, 5) is 26.6. The van der Waals surface area contributed by atoms with Crippen molar-refractivity contribution in [1.29, 1.82) is 0 Å². The summed E-state index contributed by atoms with van der Waals surface area (Å²) in [7, 11) is 3.08. The Morgan fingerprint density at radius 1 is 1.00 bits per heavy atom. The van der Waals surface area contributed by atoms with Gasteiger partial charge in [0.2, 0.25) is 0 Å². The number of ketones is 1. The van der Waals surface area contributed by atoms with Crippen LogP contribution in [0.3, 0.4) is 0 Å². The molecule has 0 radical (unpaired) electrons. The molecule has 37 heavy (non-hydrogen) atoms. The van der Waals surface area contributed by atoms with Crippen LogP contribution in [-0.4, -0.2) is 32.6 Å². The third-order valence-corrected chi connectivity index (χ3v) is 6.77. The van der Waals surface area contributed by atoms with E-state index in [0.717, 1.165) is 17.7 Å². The van der Waals surface area contributed by atoms with E-state index in [1.807, 2.05) is 12.1 Å². The molecule has 1 aliphatic carbocycles. The number of Topliss-reactive ketones (excluding diaryl/α,β-unsaturated/α-hetero) is 1. The zero-order chi connectivity index (χ0) is 26.9. The summed E-state index contributed by atoms with van der Waals surface area (Å²) >= 11 is 0. The summed E-state index contributed by atoms with van der Waals surface area (Å²) in [5.74, 6) is -0.678. The van der Waals surface area contributed by atoms with Crippen LogP contribution < -0.4 is 14.8 Å². The number of carbonyl (C=O) groups excluding carboxylic acids is 2. The Kier molecular flexibility index (Phi) is 7.34. The Morgan fingerprint density at radius 2 is 1.65 bits per heavy atom. The normalized spacial score (nSPS) is 19.8. The Bertz CT molecular complexity index is 1280. The second kappa shape index (κ2) is 10.3. The molecule has 1 N–H and O–H groups in total. The van der Waals surface area contributed by atoms with E-state index in [1.54, 1.807) is 27.0 Å². The summed E-state index contributed by atoms with van der Waals surface area (Å²) < 4.78 is 55.6. The molecule has 0 spiro atoms. The highest BCUT2D eigenvalue weighted by molar-refractivity contribution is 6.04. The number of alkyl halides is 3. The van der Waals surface area contributed by atoms with Crippen molar-refractivity contribution in [3.63, 3.8) is 0 Å². The monoisotopic (exact) mass is 515 g/mol. The first-order valence-electron chi connectivity index (χ1n) is 11.9. The van der Waals surface area contributed by atoms with Gasteiger partial charge in [-0.1, -0.05) is 18.2 Å². The molecule has 1 aliphatic heterocycles. The lowest BCUT2D eigenvalue weighted by Crippen LogP contribution is -2.36. The Balaban J connectivity index is 1.77. The SMILES string of the molecule is CCOC(=O)C1=C(C)NC2=C(C(=O)C[C@H](c3ccc(OC)c(OC)c3)C2)[C@H]1c1ccc(C(F)(F)F)cc1. The van der Waals surface area contributed by atoms with Crippen LogP contribution in [0.15, 0.2) is 65.0 Å². The quantitative estimate of drug-likeness (QED) is 0.502. The molecule has 0 unspecified atom stereocenters. The summed E-state index contributed by atoms with van der Waals surface area (Å²) in [6.07, 6.45) is -3.86. The van der Waals surface area contributed by atoms with Gasteiger partial charge in [-0.2, -0.15) is 13.2 Å². The van der Waals surface area contributed by atoms with Gasteiger partial charge in [0.25, 0.3) is 0 Å². The molecular formula is C28H28F3NO5. The van der Waals surface area contributed by atoms with E-state index >= 15 is 0 Å². The maximum Gasteiger partial charge on any atom is 0.416 e. The molecule has 196 valence electrons. The second-order valence-electron chi connectivity index (χ2n) is 8.97. The molecule has 0 fully saturated rings. The molecule has 0 saturated carbocycles. The standard InChI is InChI=1S/C28H28F3NO5/c1-5-37-27(34)24-15(2)32-20-12-18(17-8-11-22(35-3)23(14-17)36-4)13-21(33)26(20)25(24)16-6-9-19(10-7-16)28(29,30)31/h6-11,14,18,25,32H,5,12-13H2,1-4H3/t18-,25+/m1/s1. The first-order chi connectivity index (χ1) is 17.6. The van der Waals surface area contributed by atoms with Gasteiger partial charge in [-0.05, 0) is 61.6 Å².